The summed E-state index contributed by atoms with van der Waals surface area (Å²) in [6.07, 6.45) is 2.16. The van der Waals surface area contributed by atoms with Crippen molar-refractivity contribution in [1.82, 2.24) is 29.7 Å². The average Bonchev–Trinajstić information content (AvgIpc) is 3.22. The molecule has 3 aromatic rings. The number of rotatable bonds is 9. The van der Waals surface area contributed by atoms with E-state index in [9.17, 15) is 14.2 Å². The molecule has 0 radical (unpaired) electrons. The van der Waals surface area contributed by atoms with E-state index in [1.54, 1.807) is 19.5 Å². The van der Waals surface area contributed by atoms with E-state index in [0.29, 0.717) is 48.1 Å². The molecule has 1 aromatic carbocycles. The average molecular weight is 668 g/mol. The molecule has 0 spiro atoms. The van der Waals surface area contributed by atoms with Gasteiger partial charge in [0.15, 0.2) is 22.5 Å². The molecule has 210 valence electrons. The van der Waals surface area contributed by atoms with Gasteiger partial charge in [0.25, 0.3) is 17.6 Å². The maximum atomic E-state index is 13.4. The van der Waals surface area contributed by atoms with Crippen molar-refractivity contribution in [2.75, 3.05) is 51.5 Å². The Bertz CT molecular complexity index is 1430. The number of imidazole rings is 1. The fourth-order valence-electron chi connectivity index (χ4n) is 5.09. The van der Waals surface area contributed by atoms with Crippen LogP contribution in [0.5, 0.6) is 0 Å². The van der Waals surface area contributed by atoms with Gasteiger partial charge in [-0.3, -0.25) is 14.5 Å². The number of benzene rings is 1. The van der Waals surface area contributed by atoms with Crippen LogP contribution in [0.25, 0.3) is 11.0 Å². The van der Waals surface area contributed by atoms with Gasteiger partial charge in [-0.05, 0) is 39.3 Å². The Labute approximate surface area is 242 Å². The molecule has 1 saturated heterocycles. The Balaban J connectivity index is 1.56. The number of piperazine rings is 1. The number of nitrogens with one attached hydrogen (secondary N) is 1. The fraction of sp³-hybridized carbons (Fsp3) is 0.500. The molecule has 39 heavy (non-hydrogen) atoms. The monoisotopic (exact) mass is 667 g/mol. The van der Waals surface area contributed by atoms with Crippen molar-refractivity contribution < 1.29 is 18.7 Å². The predicted octanol–water partition coefficient (Wildman–Crippen LogP) is 2.54. The number of carbonyl (C=O) groups is 2. The van der Waals surface area contributed by atoms with Crippen molar-refractivity contribution in [2.45, 2.75) is 37.9 Å². The highest BCUT2D eigenvalue weighted by molar-refractivity contribution is 14.1. The van der Waals surface area contributed by atoms with Gasteiger partial charge in [-0.2, -0.15) is 0 Å². The standard InChI is InChI=1S/C26H36IN8O3P/c1-5-34-20-8-7-18(26(37)33-11-9-32(10-12-33)17-39(3,4)38)13-21(20)35(6-2)22(34)16-30-25(36)23-24(28)29-15-19(14-27)31-23/h7-8,13,15H,5-6,9-12,14,16-17H2,1-4H3,(H2-,28,29,30,36)/p+1. The molecule has 11 nitrogen and oxygen atoms in total. The van der Waals surface area contributed by atoms with Gasteiger partial charge < -0.3 is 20.5 Å². The molecule has 0 aliphatic carbocycles. The third-order valence-electron chi connectivity index (χ3n) is 6.87. The molecule has 1 aliphatic rings. The molecular weight excluding hydrogens is 630 g/mol. The summed E-state index contributed by atoms with van der Waals surface area (Å²) < 4.78 is 17.1. The normalized spacial score (nSPS) is 14.6. The molecule has 0 saturated carbocycles. The molecule has 0 atom stereocenters. The first kappa shape index (κ1) is 29.4. The quantitative estimate of drug-likeness (QED) is 0.155. The van der Waals surface area contributed by atoms with Crippen molar-refractivity contribution in [3.05, 3.63) is 47.2 Å². The predicted molar refractivity (Wildman–Crippen MR) is 161 cm³/mol. The summed E-state index contributed by atoms with van der Waals surface area (Å²) in [7, 11) is -2.14. The van der Waals surface area contributed by atoms with Gasteiger partial charge in [0.05, 0.1) is 38.4 Å². The molecular formula is C26H37IN8O3P+. The van der Waals surface area contributed by atoms with Crippen LogP contribution >= 0.6 is 29.7 Å². The number of amides is 2. The van der Waals surface area contributed by atoms with E-state index < -0.39 is 7.14 Å². The van der Waals surface area contributed by atoms with Crippen LogP contribution in [0.3, 0.4) is 0 Å². The van der Waals surface area contributed by atoms with Crippen LogP contribution in [-0.4, -0.2) is 81.9 Å². The molecule has 4 rings (SSSR count). The molecule has 1 fully saturated rings. The zero-order valence-electron chi connectivity index (χ0n) is 23.0. The Morgan fingerprint density at radius 1 is 1.18 bits per heavy atom. The number of halogens is 1. The number of nitrogen functional groups attached to an aromatic ring is 1. The number of fused-ring (bicyclic) bond motifs is 1. The third kappa shape index (κ3) is 6.60. The van der Waals surface area contributed by atoms with Gasteiger partial charge in [0.2, 0.25) is 0 Å². The zero-order valence-corrected chi connectivity index (χ0v) is 26.0. The van der Waals surface area contributed by atoms with Crippen LogP contribution in [0, 0.1) is 0 Å². The van der Waals surface area contributed by atoms with Crippen molar-refractivity contribution in [3.63, 3.8) is 0 Å². The second-order valence-corrected chi connectivity index (χ2v) is 14.3. The number of anilines is 1. The SMILES string of the molecule is CCn1c(CNC(=O)c2nc(CI)cnc2N)[n+](CC)c2ccc(C(=O)N3CCN(CP(C)(C)=O)CC3)cc21. The summed E-state index contributed by atoms with van der Waals surface area (Å²) in [5, 5.41) is 2.96. The highest BCUT2D eigenvalue weighted by Gasteiger charge is 2.28. The van der Waals surface area contributed by atoms with Crippen LogP contribution < -0.4 is 15.6 Å². The number of aryl methyl sites for hydroxylation is 2. The molecule has 3 heterocycles. The number of hydrogen-bond donors (Lipinski definition) is 2. The molecule has 3 N–H and O–H groups in total. The van der Waals surface area contributed by atoms with E-state index in [0.717, 1.165) is 29.9 Å². The zero-order chi connectivity index (χ0) is 28.3. The summed E-state index contributed by atoms with van der Waals surface area (Å²) in [5.74, 6) is 0.642. The van der Waals surface area contributed by atoms with E-state index in [4.69, 9.17) is 5.73 Å². The van der Waals surface area contributed by atoms with Crippen LogP contribution in [0.2, 0.25) is 0 Å². The Kier molecular flexibility index (Phi) is 9.28. The molecule has 13 heteroatoms. The van der Waals surface area contributed by atoms with Crippen molar-refractivity contribution in [1.29, 1.82) is 0 Å². The summed E-state index contributed by atoms with van der Waals surface area (Å²) in [6.45, 7) is 12.0. The van der Waals surface area contributed by atoms with Crippen molar-refractivity contribution in [2.24, 2.45) is 0 Å². The van der Waals surface area contributed by atoms with Gasteiger partial charge in [0, 0.05) is 42.2 Å². The van der Waals surface area contributed by atoms with Crippen molar-refractivity contribution in [3.8, 4) is 0 Å². The Hall–Kier alpha value is -2.57. The van der Waals surface area contributed by atoms with E-state index in [-0.39, 0.29) is 29.9 Å². The van der Waals surface area contributed by atoms with E-state index in [1.165, 1.54) is 0 Å². The first-order chi connectivity index (χ1) is 18.6. The molecule has 0 unspecified atom stereocenters. The van der Waals surface area contributed by atoms with Gasteiger partial charge in [-0.1, -0.05) is 22.6 Å². The second kappa shape index (κ2) is 12.3. The maximum absolute atomic E-state index is 13.4. The van der Waals surface area contributed by atoms with E-state index in [1.807, 2.05) is 30.0 Å². The number of alkyl halides is 1. The maximum Gasteiger partial charge on any atom is 0.277 e. The number of carbonyl (C=O) groups excluding carboxylic acids is 2. The van der Waals surface area contributed by atoms with Crippen LogP contribution in [-0.2, 0) is 28.6 Å². The fourth-order valence-corrected chi connectivity index (χ4v) is 6.70. The Morgan fingerprint density at radius 2 is 1.90 bits per heavy atom. The largest absolute Gasteiger partial charge is 0.382 e. The van der Waals surface area contributed by atoms with Crippen molar-refractivity contribution >= 4 is 58.4 Å². The number of nitrogens with zero attached hydrogens (tertiary/aromatic N) is 6. The minimum Gasteiger partial charge on any atom is -0.382 e. The highest BCUT2D eigenvalue weighted by Crippen LogP contribution is 2.36. The van der Waals surface area contributed by atoms with E-state index in [2.05, 4.69) is 58.8 Å². The number of hydrogen-bond acceptors (Lipinski definition) is 7. The summed E-state index contributed by atoms with van der Waals surface area (Å²) in [6, 6.07) is 5.81. The van der Waals surface area contributed by atoms with Crippen LogP contribution in [0.1, 0.15) is 46.2 Å². The minimum absolute atomic E-state index is 0.00122. The molecule has 2 aromatic heterocycles. The summed E-state index contributed by atoms with van der Waals surface area (Å²) >= 11 is 2.17. The lowest BCUT2D eigenvalue weighted by Crippen LogP contribution is -2.48. The first-order valence-corrected chi connectivity index (χ1v) is 17.4. The Morgan fingerprint density at radius 3 is 2.51 bits per heavy atom. The van der Waals surface area contributed by atoms with E-state index >= 15 is 0 Å². The lowest BCUT2D eigenvalue weighted by molar-refractivity contribution is -0.676. The van der Waals surface area contributed by atoms with Gasteiger partial charge in [0.1, 0.15) is 6.54 Å². The van der Waals surface area contributed by atoms with Crippen LogP contribution in [0.15, 0.2) is 24.4 Å². The summed E-state index contributed by atoms with van der Waals surface area (Å²) in [5.41, 5.74) is 9.32. The number of nitrogens with two attached hydrogens (primary N) is 1. The number of aromatic nitrogens is 4. The first-order valence-electron chi connectivity index (χ1n) is 13.1. The molecule has 2 amide bonds. The van der Waals surface area contributed by atoms with Crippen LogP contribution in [0.4, 0.5) is 5.82 Å². The lowest BCUT2D eigenvalue weighted by Gasteiger charge is -2.35. The smallest absolute Gasteiger partial charge is 0.277 e. The lowest BCUT2D eigenvalue weighted by atomic mass is 10.1. The minimum atomic E-state index is -2.14. The molecule has 0 bridgehead atoms. The third-order valence-corrected chi connectivity index (χ3v) is 8.73. The topological polar surface area (TPSA) is 130 Å². The second-order valence-electron chi connectivity index (χ2n) is 10.1. The van der Waals surface area contributed by atoms with Gasteiger partial charge in [-0.15, -0.1) is 0 Å². The molecule has 1 aliphatic heterocycles. The van der Waals surface area contributed by atoms with Gasteiger partial charge in [-0.25, -0.2) is 19.1 Å². The highest BCUT2D eigenvalue weighted by atomic mass is 127. The summed E-state index contributed by atoms with van der Waals surface area (Å²) in [4.78, 5) is 38.9. The van der Waals surface area contributed by atoms with Gasteiger partial charge >= 0.3 is 0 Å².